The minimum Gasteiger partial charge on any atom is -0.481 e. The first-order chi connectivity index (χ1) is 8.47. The summed E-state index contributed by atoms with van der Waals surface area (Å²) in [4.78, 5) is 23.0. The molecule has 0 bridgehead atoms. The Kier molecular flexibility index (Phi) is 4.76. The fourth-order valence-electron chi connectivity index (χ4n) is 1.51. The predicted octanol–water partition coefficient (Wildman–Crippen LogP) is 2.18. The summed E-state index contributed by atoms with van der Waals surface area (Å²) >= 11 is 0. The van der Waals surface area contributed by atoms with E-state index in [-0.39, 0.29) is 19.4 Å². The Bertz CT molecular complexity index is 442. The van der Waals surface area contributed by atoms with Gasteiger partial charge in [-0.15, -0.1) is 0 Å². The van der Waals surface area contributed by atoms with Crippen molar-refractivity contribution >= 4 is 17.6 Å². The fraction of sp³-hybridized carbons (Fsp3) is 0.333. The summed E-state index contributed by atoms with van der Waals surface area (Å²) in [6, 6.07) is 3.23. The van der Waals surface area contributed by atoms with Gasteiger partial charge in [-0.1, -0.05) is 13.0 Å². The van der Waals surface area contributed by atoms with Crippen LogP contribution in [0.3, 0.4) is 0 Å². The van der Waals surface area contributed by atoms with Crippen LogP contribution in [0.4, 0.5) is 14.5 Å². The van der Waals surface area contributed by atoms with Crippen molar-refractivity contribution in [1.82, 2.24) is 0 Å². The van der Waals surface area contributed by atoms with Crippen molar-refractivity contribution in [2.45, 2.75) is 19.8 Å². The van der Waals surface area contributed by atoms with E-state index in [0.717, 1.165) is 17.0 Å². The highest BCUT2D eigenvalue weighted by atomic mass is 19.1. The van der Waals surface area contributed by atoms with Crippen LogP contribution in [-0.2, 0) is 9.59 Å². The number of rotatable bonds is 5. The molecular formula is C12H13F2NO3. The smallest absolute Gasteiger partial charge is 0.305 e. The van der Waals surface area contributed by atoms with Crippen LogP contribution in [0.5, 0.6) is 0 Å². The first-order valence-electron chi connectivity index (χ1n) is 5.43. The molecule has 0 aromatic heterocycles. The van der Waals surface area contributed by atoms with E-state index < -0.39 is 29.2 Å². The molecule has 0 spiro atoms. The zero-order valence-electron chi connectivity index (χ0n) is 9.82. The van der Waals surface area contributed by atoms with Crippen molar-refractivity contribution in [3.63, 3.8) is 0 Å². The number of para-hydroxylation sites is 1. The van der Waals surface area contributed by atoms with E-state index in [0.29, 0.717) is 0 Å². The Hall–Kier alpha value is -1.98. The van der Waals surface area contributed by atoms with E-state index in [1.165, 1.54) is 13.0 Å². The van der Waals surface area contributed by atoms with Crippen molar-refractivity contribution in [3.05, 3.63) is 29.8 Å². The lowest BCUT2D eigenvalue weighted by atomic mass is 10.2. The quantitative estimate of drug-likeness (QED) is 0.879. The lowest BCUT2D eigenvalue weighted by Gasteiger charge is -2.22. The molecule has 0 atom stereocenters. The Morgan fingerprint density at radius 3 is 2.28 bits per heavy atom. The van der Waals surface area contributed by atoms with Crippen molar-refractivity contribution in [1.29, 1.82) is 0 Å². The second-order valence-electron chi connectivity index (χ2n) is 3.61. The number of carbonyl (C=O) groups is 2. The largest absolute Gasteiger partial charge is 0.481 e. The molecular weight excluding hydrogens is 244 g/mol. The standard InChI is InChI=1S/C12H13F2NO3/c1-2-10(16)15(7-6-11(17)18)12-8(13)4-3-5-9(12)14/h3-5H,2,6-7H2,1H3,(H,17,18). The molecule has 0 saturated heterocycles. The molecule has 0 unspecified atom stereocenters. The van der Waals surface area contributed by atoms with Crippen molar-refractivity contribution in [2.24, 2.45) is 0 Å². The van der Waals surface area contributed by atoms with Gasteiger partial charge in [0.1, 0.15) is 17.3 Å². The number of carboxylic acids is 1. The van der Waals surface area contributed by atoms with Crippen LogP contribution in [-0.4, -0.2) is 23.5 Å². The van der Waals surface area contributed by atoms with Gasteiger partial charge in [0.05, 0.1) is 6.42 Å². The molecule has 0 aliphatic rings. The van der Waals surface area contributed by atoms with E-state index in [1.807, 2.05) is 0 Å². The third-order valence-electron chi connectivity index (χ3n) is 2.36. The summed E-state index contributed by atoms with van der Waals surface area (Å²) in [5.74, 6) is -3.44. The number of halogens is 2. The molecule has 1 amide bonds. The van der Waals surface area contributed by atoms with Crippen LogP contribution >= 0.6 is 0 Å². The van der Waals surface area contributed by atoms with E-state index >= 15 is 0 Å². The van der Waals surface area contributed by atoms with Gasteiger partial charge in [0.15, 0.2) is 0 Å². The lowest BCUT2D eigenvalue weighted by Crippen LogP contribution is -2.33. The summed E-state index contributed by atoms with van der Waals surface area (Å²) in [5.41, 5.74) is -0.495. The summed E-state index contributed by atoms with van der Waals surface area (Å²) in [5, 5.41) is 8.58. The maximum Gasteiger partial charge on any atom is 0.305 e. The van der Waals surface area contributed by atoms with Gasteiger partial charge in [0.25, 0.3) is 0 Å². The Labute approximate surface area is 103 Å². The molecule has 1 rings (SSSR count). The second-order valence-corrected chi connectivity index (χ2v) is 3.61. The van der Waals surface area contributed by atoms with Crippen LogP contribution in [0.25, 0.3) is 0 Å². The van der Waals surface area contributed by atoms with Crippen LogP contribution < -0.4 is 4.90 Å². The van der Waals surface area contributed by atoms with Gasteiger partial charge >= 0.3 is 5.97 Å². The van der Waals surface area contributed by atoms with Gasteiger partial charge in [0.2, 0.25) is 5.91 Å². The number of benzene rings is 1. The Morgan fingerprint density at radius 1 is 1.28 bits per heavy atom. The van der Waals surface area contributed by atoms with Crippen LogP contribution in [0.1, 0.15) is 19.8 Å². The molecule has 98 valence electrons. The predicted molar refractivity (Wildman–Crippen MR) is 61.3 cm³/mol. The SMILES string of the molecule is CCC(=O)N(CCC(=O)O)c1c(F)cccc1F. The number of anilines is 1. The maximum atomic E-state index is 13.5. The third kappa shape index (κ3) is 3.26. The van der Waals surface area contributed by atoms with E-state index in [1.54, 1.807) is 0 Å². The summed E-state index contributed by atoms with van der Waals surface area (Å²) < 4.78 is 27.1. The second kappa shape index (κ2) is 6.09. The molecule has 0 aliphatic carbocycles. The number of carboxylic acid groups (broad SMARTS) is 1. The number of hydrogen-bond donors (Lipinski definition) is 1. The number of aliphatic carboxylic acids is 1. The van der Waals surface area contributed by atoms with Crippen molar-refractivity contribution in [3.8, 4) is 0 Å². The number of hydrogen-bond acceptors (Lipinski definition) is 2. The van der Waals surface area contributed by atoms with E-state index in [9.17, 15) is 18.4 Å². The summed E-state index contributed by atoms with van der Waals surface area (Å²) in [6.07, 6.45) is -0.340. The van der Waals surface area contributed by atoms with E-state index in [2.05, 4.69) is 0 Å². The van der Waals surface area contributed by atoms with Crippen LogP contribution in [0.2, 0.25) is 0 Å². The number of carbonyl (C=O) groups excluding carboxylic acids is 1. The van der Waals surface area contributed by atoms with Crippen LogP contribution in [0.15, 0.2) is 18.2 Å². The molecule has 0 aliphatic heterocycles. The molecule has 1 aromatic carbocycles. The minimum atomic E-state index is -1.14. The minimum absolute atomic E-state index is 0.0351. The molecule has 0 saturated carbocycles. The van der Waals surface area contributed by atoms with Gasteiger partial charge in [-0.2, -0.15) is 0 Å². The highest BCUT2D eigenvalue weighted by Gasteiger charge is 2.22. The van der Waals surface area contributed by atoms with Gasteiger partial charge in [0, 0.05) is 13.0 Å². The zero-order valence-corrected chi connectivity index (χ0v) is 9.82. The monoisotopic (exact) mass is 257 g/mol. The van der Waals surface area contributed by atoms with Crippen molar-refractivity contribution < 1.29 is 23.5 Å². The lowest BCUT2D eigenvalue weighted by molar-refractivity contribution is -0.136. The zero-order chi connectivity index (χ0) is 13.7. The molecule has 0 heterocycles. The molecule has 6 heteroatoms. The van der Waals surface area contributed by atoms with Gasteiger partial charge < -0.3 is 10.0 Å². The van der Waals surface area contributed by atoms with Crippen LogP contribution in [0, 0.1) is 11.6 Å². The topological polar surface area (TPSA) is 57.6 Å². The normalized spacial score (nSPS) is 10.2. The summed E-state index contributed by atoms with van der Waals surface area (Å²) in [6.45, 7) is 1.27. The fourth-order valence-corrected chi connectivity index (χ4v) is 1.51. The first-order valence-corrected chi connectivity index (χ1v) is 5.43. The molecule has 0 fully saturated rings. The number of nitrogens with zero attached hydrogens (tertiary/aromatic N) is 1. The van der Waals surface area contributed by atoms with Gasteiger partial charge in [-0.05, 0) is 12.1 Å². The molecule has 1 N–H and O–H groups in total. The van der Waals surface area contributed by atoms with Gasteiger partial charge in [-0.3, -0.25) is 9.59 Å². The number of amides is 1. The van der Waals surface area contributed by atoms with E-state index in [4.69, 9.17) is 5.11 Å². The summed E-state index contributed by atoms with van der Waals surface area (Å²) in [7, 11) is 0. The maximum absolute atomic E-state index is 13.5. The molecule has 18 heavy (non-hydrogen) atoms. The molecule has 0 radical (unpaired) electrons. The average molecular weight is 257 g/mol. The first kappa shape index (κ1) is 14.1. The third-order valence-corrected chi connectivity index (χ3v) is 2.36. The molecule has 4 nitrogen and oxygen atoms in total. The Morgan fingerprint density at radius 2 is 1.83 bits per heavy atom. The van der Waals surface area contributed by atoms with Gasteiger partial charge in [-0.25, -0.2) is 8.78 Å². The van der Waals surface area contributed by atoms with Crippen molar-refractivity contribution in [2.75, 3.05) is 11.4 Å². The molecule has 1 aromatic rings. The average Bonchev–Trinajstić information content (AvgIpc) is 2.31. The highest BCUT2D eigenvalue weighted by molar-refractivity contribution is 5.93. The highest BCUT2D eigenvalue weighted by Crippen LogP contribution is 2.24. The Balaban J connectivity index is 3.09.